The van der Waals surface area contributed by atoms with Crippen molar-refractivity contribution in [2.75, 3.05) is 11.9 Å². The van der Waals surface area contributed by atoms with Crippen LogP contribution >= 0.6 is 15.9 Å². The minimum absolute atomic E-state index is 0.0558. The van der Waals surface area contributed by atoms with Gasteiger partial charge in [0.05, 0.1) is 11.2 Å². The minimum Gasteiger partial charge on any atom is -0.382 e. The van der Waals surface area contributed by atoms with E-state index in [4.69, 9.17) is 10.00 Å². The lowest BCUT2D eigenvalue weighted by molar-refractivity contribution is -0.0553. The van der Waals surface area contributed by atoms with Gasteiger partial charge < -0.3 is 10.1 Å². The molecule has 0 aliphatic carbocycles. The van der Waals surface area contributed by atoms with Gasteiger partial charge in [-0.2, -0.15) is 5.26 Å². The van der Waals surface area contributed by atoms with Gasteiger partial charge in [-0.3, -0.25) is 0 Å². The standard InChI is InChI=1S/C14H17BrN2O/c1-14(2)8-12(5-6-18-14)17-11-4-3-10(9-16)13(15)7-11/h3-4,7,12,17H,5-6,8H2,1-2H3. The smallest absolute Gasteiger partial charge is 0.100 e. The van der Waals surface area contributed by atoms with Crippen molar-refractivity contribution in [3.05, 3.63) is 28.2 Å². The molecule has 0 radical (unpaired) electrons. The Morgan fingerprint density at radius 3 is 2.89 bits per heavy atom. The predicted molar refractivity (Wildman–Crippen MR) is 75.5 cm³/mol. The number of benzene rings is 1. The summed E-state index contributed by atoms with van der Waals surface area (Å²) in [5, 5.41) is 12.4. The third kappa shape index (κ3) is 3.24. The van der Waals surface area contributed by atoms with Crippen LogP contribution in [0.2, 0.25) is 0 Å². The van der Waals surface area contributed by atoms with Gasteiger partial charge in [-0.25, -0.2) is 0 Å². The van der Waals surface area contributed by atoms with Crippen LogP contribution in [-0.2, 0) is 4.74 Å². The van der Waals surface area contributed by atoms with Gasteiger partial charge in [0.2, 0.25) is 0 Å². The number of nitrogens with one attached hydrogen (secondary N) is 1. The lowest BCUT2D eigenvalue weighted by Gasteiger charge is -2.36. The zero-order chi connectivity index (χ0) is 13.2. The molecule has 18 heavy (non-hydrogen) atoms. The van der Waals surface area contributed by atoms with Crippen LogP contribution in [0.15, 0.2) is 22.7 Å². The van der Waals surface area contributed by atoms with Crippen LogP contribution in [0.4, 0.5) is 5.69 Å². The number of hydrogen-bond acceptors (Lipinski definition) is 3. The molecule has 1 aromatic rings. The first-order valence-electron chi connectivity index (χ1n) is 6.10. The summed E-state index contributed by atoms with van der Waals surface area (Å²) in [7, 11) is 0. The molecule has 1 heterocycles. The second-order valence-corrected chi connectivity index (χ2v) is 6.10. The van der Waals surface area contributed by atoms with E-state index in [1.54, 1.807) is 0 Å². The first-order chi connectivity index (χ1) is 8.50. The molecule has 1 unspecified atom stereocenters. The van der Waals surface area contributed by atoms with Crippen molar-refractivity contribution in [3.63, 3.8) is 0 Å². The molecule has 4 heteroatoms. The average molecular weight is 309 g/mol. The lowest BCUT2D eigenvalue weighted by atomic mass is 9.94. The summed E-state index contributed by atoms with van der Waals surface area (Å²) in [5.41, 5.74) is 1.65. The predicted octanol–water partition coefficient (Wildman–Crippen LogP) is 3.69. The van der Waals surface area contributed by atoms with E-state index in [2.05, 4.69) is 41.2 Å². The van der Waals surface area contributed by atoms with Crippen molar-refractivity contribution >= 4 is 21.6 Å². The molecule has 3 nitrogen and oxygen atoms in total. The molecule has 1 saturated heterocycles. The summed E-state index contributed by atoms with van der Waals surface area (Å²) in [6.07, 6.45) is 2.01. The topological polar surface area (TPSA) is 45.0 Å². The van der Waals surface area contributed by atoms with E-state index in [-0.39, 0.29) is 5.60 Å². The lowest BCUT2D eigenvalue weighted by Crippen LogP contribution is -2.40. The second-order valence-electron chi connectivity index (χ2n) is 5.25. The molecule has 1 fully saturated rings. The summed E-state index contributed by atoms with van der Waals surface area (Å²) in [4.78, 5) is 0. The van der Waals surface area contributed by atoms with Crippen LogP contribution in [0.25, 0.3) is 0 Å². The summed E-state index contributed by atoms with van der Waals surface area (Å²) in [6, 6.07) is 8.31. The molecular formula is C14H17BrN2O. The molecule has 0 aromatic heterocycles. The number of anilines is 1. The summed E-state index contributed by atoms with van der Waals surface area (Å²) >= 11 is 3.41. The van der Waals surface area contributed by atoms with Gasteiger partial charge in [-0.1, -0.05) is 0 Å². The van der Waals surface area contributed by atoms with Crippen molar-refractivity contribution in [2.45, 2.75) is 38.3 Å². The maximum atomic E-state index is 8.88. The van der Waals surface area contributed by atoms with E-state index in [1.165, 1.54) is 0 Å². The highest BCUT2D eigenvalue weighted by atomic mass is 79.9. The quantitative estimate of drug-likeness (QED) is 0.906. The Bertz CT molecular complexity index is 479. The number of rotatable bonds is 2. The van der Waals surface area contributed by atoms with Gasteiger partial charge in [-0.05, 0) is 60.8 Å². The van der Waals surface area contributed by atoms with Crippen molar-refractivity contribution in [1.82, 2.24) is 0 Å². The second kappa shape index (κ2) is 5.29. The Labute approximate surface area is 116 Å². The molecule has 1 aliphatic heterocycles. The highest BCUT2D eigenvalue weighted by molar-refractivity contribution is 9.10. The largest absolute Gasteiger partial charge is 0.382 e. The third-order valence-corrected chi connectivity index (χ3v) is 3.81. The molecule has 1 aromatic carbocycles. The molecule has 1 aliphatic rings. The maximum Gasteiger partial charge on any atom is 0.100 e. The number of nitrogens with zero attached hydrogens (tertiary/aromatic N) is 1. The maximum absolute atomic E-state index is 8.88. The van der Waals surface area contributed by atoms with E-state index < -0.39 is 0 Å². The van der Waals surface area contributed by atoms with E-state index in [0.29, 0.717) is 11.6 Å². The highest BCUT2D eigenvalue weighted by Crippen LogP contribution is 2.28. The Morgan fingerprint density at radius 2 is 2.28 bits per heavy atom. The summed E-state index contributed by atoms with van der Waals surface area (Å²) in [5.74, 6) is 0. The molecule has 96 valence electrons. The van der Waals surface area contributed by atoms with E-state index in [9.17, 15) is 0 Å². The van der Waals surface area contributed by atoms with Gasteiger partial charge in [0.1, 0.15) is 6.07 Å². The molecule has 0 spiro atoms. The number of nitriles is 1. The summed E-state index contributed by atoms with van der Waals surface area (Å²) < 4.78 is 6.54. The number of halogens is 1. The molecule has 1 atom stereocenters. The van der Waals surface area contributed by atoms with Crippen LogP contribution in [-0.4, -0.2) is 18.2 Å². The van der Waals surface area contributed by atoms with Crippen LogP contribution in [0, 0.1) is 11.3 Å². The van der Waals surface area contributed by atoms with E-state index in [0.717, 1.165) is 29.6 Å². The van der Waals surface area contributed by atoms with E-state index in [1.807, 2.05) is 18.2 Å². The molecule has 0 amide bonds. The number of hydrogen-bond donors (Lipinski definition) is 1. The zero-order valence-electron chi connectivity index (χ0n) is 10.7. The Morgan fingerprint density at radius 1 is 1.50 bits per heavy atom. The van der Waals surface area contributed by atoms with E-state index >= 15 is 0 Å². The number of ether oxygens (including phenoxy) is 1. The average Bonchev–Trinajstić information content (AvgIpc) is 2.28. The van der Waals surface area contributed by atoms with Crippen molar-refractivity contribution < 1.29 is 4.74 Å². The fraction of sp³-hybridized carbons (Fsp3) is 0.500. The molecule has 0 saturated carbocycles. The minimum atomic E-state index is -0.0558. The van der Waals surface area contributed by atoms with Gasteiger partial charge in [0, 0.05) is 22.8 Å². The highest BCUT2D eigenvalue weighted by Gasteiger charge is 2.28. The van der Waals surface area contributed by atoms with Crippen LogP contribution in [0.1, 0.15) is 32.3 Å². The molecule has 2 rings (SSSR count). The summed E-state index contributed by atoms with van der Waals surface area (Å²) in [6.45, 7) is 5.03. The van der Waals surface area contributed by atoms with Crippen molar-refractivity contribution in [2.24, 2.45) is 0 Å². The Kier molecular flexibility index (Phi) is 3.94. The first kappa shape index (κ1) is 13.4. The van der Waals surface area contributed by atoms with Crippen LogP contribution in [0.5, 0.6) is 0 Å². The van der Waals surface area contributed by atoms with Crippen molar-refractivity contribution in [3.8, 4) is 6.07 Å². The van der Waals surface area contributed by atoms with Gasteiger partial charge in [0.15, 0.2) is 0 Å². The van der Waals surface area contributed by atoms with Crippen LogP contribution < -0.4 is 5.32 Å². The monoisotopic (exact) mass is 308 g/mol. The van der Waals surface area contributed by atoms with Gasteiger partial charge in [-0.15, -0.1) is 0 Å². The Hall–Kier alpha value is -1.05. The van der Waals surface area contributed by atoms with Gasteiger partial charge >= 0.3 is 0 Å². The molecule has 1 N–H and O–H groups in total. The fourth-order valence-corrected chi connectivity index (χ4v) is 2.75. The fourth-order valence-electron chi connectivity index (χ4n) is 2.29. The first-order valence-corrected chi connectivity index (χ1v) is 6.90. The molecule has 0 bridgehead atoms. The molecular weight excluding hydrogens is 292 g/mol. The zero-order valence-corrected chi connectivity index (χ0v) is 12.3. The third-order valence-electron chi connectivity index (χ3n) is 3.16. The van der Waals surface area contributed by atoms with Crippen molar-refractivity contribution in [1.29, 1.82) is 5.26 Å². The van der Waals surface area contributed by atoms with Gasteiger partial charge in [0.25, 0.3) is 0 Å². The van der Waals surface area contributed by atoms with Crippen LogP contribution in [0.3, 0.4) is 0 Å². The normalized spacial score (nSPS) is 22.2. The SMILES string of the molecule is CC1(C)CC(Nc2ccc(C#N)c(Br)c2)CCO1. The Balaban J connectivity index is 2.06.